The van der Waals surface area contributed by atoms with Crippen molar-refractivity contribution in [2.24, 2.45) is 0 Å². The third-order valence-electron chi connectivity index (χ3n) is 3.27. The first-order valence-electron chi connectivity index (χ1n) is 7.34. The van der Waals surface area contributed by atoms with E-state index in [2.05, 4.69) is 40.5 Å². The number of carbonyl (C=O) groups excluding carboxylic acids is 1. The molecule has 0 aliphatic carbocycles. The average molecular weight is 435 g/mol. The van der Waals surface area contributed by atoms with E-state index >= 15 is 0 Å². The largest absolute Gasteiger partial charge is 0 e. The van der Waals surface area contributed by atoms with Gasteiger partial charge in [-0.25, -0.2) is 9.78 Å². The Hall–Kier alpha value is 0.473. The van der Waals surface area contributed by atoms with Crippen molar-refractivity contribution in [2.75, 3.05) is 5.75 Å². The smallest absolute Gasteiger partial charge is 0 e. The van der Waals surface area contributed by atoms with Gasteiger partial charge in [0.25, 0.3) is 0 Å². The Morgan fingerprint density at radius 3 is 2.50 bits per heavy atom. The molecule has 6 nitrogen and oxygen atoms in total. The van der Waals surface area contributed by atoms with E-state index in [0.717, 1.165) is 31.4 Å². The molecule has 0 radical (unpaired) electrons. The summed E-state index contributed by atoms with van der Waals surface area (Å²) < 4.78 is 0. The van der Waals surface area contributed by atoms with Gasteiger partial charge in [-0.15, -0.1) is 0 Å². The molecule has 2 atom stereocenters. The van der Waals surface area contributed by atoms with Crippen LogP contribution in [-0.2, 0) is 35.5 Å². The van der Waals surface area contributed by atoms with Crippen LogP contribution in [-0.4, -0.2) is 73.6 Å². The van der Waals surface area contributed by atoms with Crippen LogP contribution >= 0.6 is 25.3 Å². The third kappa shape index (κ3) is 11.2. The first kappa shape index (κ1) is 26.7. The number of thiol groups is 2. The maximum Gasteiger partial charge on any atom is 0 e. The number of imidazole rings is 1. The van der Waals surface area contributed by atoms with Gasteiger partial charge >= 0.3 is 35.5 Å². The Bertz CT molecular complexity index is 466. The second-order valence-electron chi connectivity index (χ2n) is 5.11. The summed E-state index contributed by atoms with van der Waals surface area (Å²) in [7, 11) is 0. The molecule has 0 aliphatic heterocycles. The molecular weight excluding hydrogens is 411 g/mol. The Morgan fingerprint density at radius 2 is 1.96 bits per heavy atom. The fourth-order valence-electron chi connectivity index (χ4n) is 2.01. The Morgan fingerprint density at radius 1 is 1.29 bits per heavy atom. The Balaban J connectivity index is 0. The standard InChI is InChI=1S/C14H23N3O3S2.Na.Zn.H/c18-13(12(22)5-3-1-2-4-6-21)17-11(14(19)20)7-10-8-15-9-16-10;;;/h8-9,11-12,21-22H,1-7H2,(H,15,16)(H,17,18)(H,19,20);;;. The zero-order valence-corrected chi connectivity index (χ0v) is 17.8. The average Bonchev–Trinajstić information content (AvgIpc) is 2.98. The number of carboxylic acid groups (broad SMARTS) is 1. The van der Waals surface area contributed by atoms with Crippen molar-refractivity contribution in [3.05, 3.63) is 18.2 Å². The van der Waals surface area contributed by atoms with Crippen molar-refractivity contribution in [1.82, 2.24) is 15.3 Å². The minimum absolute atomic E-state index is 0. The van der Waals surface area contributed by atoms with Crippen molar-refractivity contribution in [1.29, 1.82) is 0 Å². The van der Waals surface area contributed by atoms with Gasteiger partial charge in [0.15, 0.2) is 0 Å². The molecule has 0 spiro atoms. The molecule has 0 saturated carbocycles. The maximum atomic E-state index is 12.0. The molecule has 128 valence electrons. The number of carbonyl (C=O) groups is 2. The van der Waals surface area contributed by atoms with Gasteiger partial charge in [0.2, 0.25) is 5.91 Å². The van der Waals surface area contributed by atoms with Crippen LogP contribution in [0.25, 0.3) is 0 Å². The molecule has 2 unspecified atom stereocenters. The zero-order valence-electron chi connectivity index (χ0n) is 13.1. The van der Waals surface area contributed by atoms with E-state index in [1.54, 1.807) is 6.20 Å². The van der Waals surface area contributed by atoms with Gasteiger partial charge in [-0.05, 0) is 18.6 Å². The van der Waals surface area contributed by atoms with Gasteiger partial charge < -0.3 is 15.4 Å². The molecule has 0 aromatic carbocycles. The summed E-state index contributed by atoms with van der Waals surface area (Å²) in [5.74, 6) is -0.552. The van der Waals surface area contributed by atoms with Gasteiger partial charge in [-0.3, -0.25) is 4.79 Å². The second-order valence-corrected chi connectivity index (χ2v) is 6.18. The molecule has 0 aliphatic rings. The summed E-state index contributed by atoms with van der Waals surface area (Å²) in [4.78, 5) is 30.0. The van der Waals surface area contributed by atoms with Gasteiger partial charge in [0.05, 0.1) is 17.3 Å². The van der Waals surface area contributed by atoms with Crippen molar-refractivity contribution in [2.45, 2.75) is 49.8 Å². The van der Waals surface area contributed by atoms with E-state index in [4.69, 9.17) is 0 Å². The minimum Gasteiger partial charge on any atom is 0 e. The Labute approximate surface area is 188 Å². The maximum absolute atomic E-state index is 12.0. The summed E-state index contributed by atoms with van der Waals surface area (Å²) in [6.07, 6.45) is 7.94. The van der Waals surface area contributed by atoms with Gasteiger partial charge in [-0.1, -0.05) is 19.3 Å². The van der Waals surface area contributed by atoms with Crippen LogP contribution in [0.1, 0.15) is 37.8 Å². The van der Waals surface area contributed by atoms with E-state index < -0.39 is 17.3 Å². The van der Waals surface area contributed by atoms with Crippen LogP contribution in [0.5, 0.6) is 0 Å². The fraction of sp³-hybridized carbons (Fsp3) is 0.643. The van der Waals surface area contributed by atoms with Crippen molar-refractivity contribution in [3.63, 3.8) is 0 Å². The summed E-state index contributed by atoms with van der Waals surface area (Å²) in [6, 6.07) is -0.991. The number of aromatic amines is 1. The van der Waals surface area contributed by atoms with Crippen LogP contribution in [0.3, 0.4) is 0 Å². The number of aliphatic carboxylic acids is 1. The van der Waals surface area contributed by atoms with E-state index in [-0.39, 0.29) is 61.4 Å². The molecule has 1 rings (SSSR count). The molecule has 0 bridgehead atoms. The molecule has 10 heteroatoms. The molecule has 0 saturated heterocycles. The Kier molecular flexibility index (Phi) is 17.5. The molecule has 24 heavy (non-hydrogen) atoms. The topological polar surface area (TPSA) is 95.1 Å². The SMILES string of the molecule is O=C(NC(Cc1c[nH]cn1)C(=O)O)C(S)CCCCCCS.[NaH].[Zn]. The van der Waals surface area contributed by atoms with Crippen LogP contribution in [0.4, 0.5) is 0 Å². The molecule has 1 aromatic heterocycles. The molecule has 0 fully saturated rings. The molecule has 1 heterocycles. The third-order valence-corrected chi connectivity index (χ3v) is 4.08. The first-order valence-corrected chi connectivity index (χ1v) is 8.49. The number of aromatic nitrogens is 2. The van der Waals surface area contributed by atoms with E-state index in [1.807, 2.05) is 0 Å². The number of hydrogen-bond donors (Lipinski definition) is 5. The molecule has 1 aromatic rings. The van der Waals surface area contributed by atoms with Crippen LogP contribution in [0, 0.1) is 0 Å². The van der Waals surface area contributed by atoms with Crippen molar-refractivity contribution in [3.8, 4) is 0 Å². The molecule has 1 amide bonds. The predicted octanol–water partition coefficient (Wildman–Crippen LogP) is 1.05. The van der Waals surface area contributed by atoms with Crippen LogP contribution < -0.4 is 5.32 Å². The molecular formula is C14H24N3NaO3S2Zn. The number of H-pyrrole nitrogens is 1. The van der Waals surface area contributed by atoms with E-state index in [1.165, 1.54) is 6.33 Å². The quantitative estimate of drug-likeness (QED) is 0.204. The fourth-order valence-corrected chi connectivity index (χ4v) is 2.49. The summed E-state index contributed by atoms with van der Waals surface area (Å²) in [5.41, 5.74) is 0.593. The first-order chi connectivity index (χ1) is 10.5. The van der Waals surface area contributed by atoms with E-state index in [0.29, 0.717) is 12.1 Å². The van der Waals surface area contributed by atoms with Gasteiger partial charge in [0.1, 0.15) is 6.04 Å². The van der Waals surface area contributed by atoms with Crippen LogP contribution in [0.2, 0.25) is 0 Å². The number of nitrogens with zero attached hydrogens (tertiary/aromatic N) is 1. The van der Waals surface area contributed by atoms with E-state index in [9.17, 15) is 14.7 Å². The monoisotopic (exact) mass is 433 g/mol. The van der Waals surface area contributed by atoms with Crippen LogP contribution in [0.15, 0.2) is 12.5 Å². The normalized spacial score (nSPS) is 12.4. The predicted molar refractivity (Wildman–Crippen MR) is 98.7 cm³/mol. The number of hydrogen-bond acceptors (Lipinski definition) is 5. The number of rotatable bonds is 11. The minimum atomic E-state index is -1.08. The van der Waals surface area contributed by atoms with Gasteiger partial charge in [-0.2, -0.15) is 25.3 Å². The van der Waals surface area contributed by atoms with Crippen molar-refractivity contribution < 1.29 is 34.2 Å². The number of nitrogens with one attached hydrogen (secondary N) is 2. The van der Waals surface area contributed by atoms with Crippen molar-refractivity contribution >= 4 is 66.7 Å². The second kappa shape index (κ2) is 15.7. The molecule has 3 N–H and O–H groups in total. The summed E-state index contributed by atoms with van der Waals surface area (Å²) in [6.45, 7) is 0. The summed E-state index contributed by atoms with van der Waals surface area (Å²) >= 11 is 8.41. The zero-order chi connectivity index (χ0) is 16.4. The number of unbranched alkanes of at least 4 members (excludes halogenated alkanes) is 3. The number of carboxylic acids is 1. The number of amides is 1. The van der Waals surface area contributed by atoms with Gasteiger partial charge in [0, 0.05) is 32.1 Å². The summed E-state index contributed by atoms with van der Waals surface area (Å²) in [5, 5.41) is 11.2.